The average molecular weight is 205 g/mol. The Balaban J connectivity index is 2.02. The fourth-order valence-corrected chi connectivity index (χ4v) is 1.40. The van der Waals surface area contributed by atoms with Gasteiger partial charge in [-0.25, -0.2) is 0 Å². The van der Waals surface area contributed by atoms with Crippen LogP contribution < -0.4 is 0 Å². The molecule has 1 heterocycles. The van der Waals surface area contributed by atoms with Crippen molar-refractivity contribution in [2.45, 2.75) is 32.5 Å². The lowest BCUT2D eigenvalue weighted by molar-refractivity contribution is -0.0439. The van der Waals surface area contributed by atoms with E-state index in [4.69, 9.17) is 9.57 Å². The van der Waals surface area contributed by atoms with Gasteiger partial charge in [0.15, 0.2) is 6.10 Å². The predicted octanol–water partition coefficient (Wildman–Crippen LogP) is 2.37. The molecule has 0 radical (unpaired) electrons. The van der Waals surface area contributed by atoms with Gasteiger partial charge in [0.05, 0.1) is 6.42 Å². The molecule has 0 aliphatic carbocycles. The molecule has 0 saturated heterocycles. The maximum atomic E-state index is 5.63. The maximum Gasteiger partial charge on any atom is 0.230 e. The highest BCUT2D eigenvalue weighted by molar-refractivity contribution is 5.78. The van der Waals surface area contributed by atoms with Crippen LogP contribution in [0.3, 0.4) is 0 Å². The minimum atomic E-state index is 0.0320. The summed E-state index contributed by atoms with van der Waals surface area (Å²) in [7, 11) is 0. The van der Waals surface area contributed by atoms with Gasteiger partial charge < -0.3 is 9.57 Å². The first kappa shape index (κ1) is 10.0. The molecule has 0 saturated carbocycles. The molecule has 2 atom stereocenters. The average Bonchev–Trinajstić information content (AvgIpc) is 2.25. The fourth-order valence-electron chi connectivity index (χ4n) is 1.40. The molecule has 3 heteroatoms. The van der Waals surface area contributed by atoms with E-state index < -0.39 is 0 Å². The summed E-state index contributed by atoms with van der Waals surface area (Å²) in [5.74, 6) is 0.659. The number of oxime groups is 1. The lowest BCUT2D eigenvalue weighted by Crippen LogP contribution is -2.33. The molecule has 1 aromatic rings. The number of rotatable bonds is 2. The van der Waals surface area contributed by atoms with Crippen molar-refractivity contribution in [1.82, 2.24) is 0 Å². The Labute approximate surface area is 89.7 Å². The van der Waals surface area contributed by atoms with Crippen molar-refractivity contribution < 1.29 is 9.57 Å². The van der Waals surface area contributed by atoms with Crippen molar-refractivity contribution >= 4 is 5.90 Å². The first-order valence-corrected chi connectivity index (χ1v) is 5.19. The second-order valence-corrected chi connectivity index (χ2v) is 3.78. The summed E-state index contributed by atoms with van der Waals surface area (Å²) in [5.41, 5.74) is 1.18. The normalized spacial score (nSPS) is 25.1. The largest absolute Gasteiger partial charge is 0.471 e. The van der Waals surface area contributed by atoms with Crippen LogP contribution in [0.1, 0.15) is 19.4 Å². The molecule has 0 bridgehead atoms. The zero-order chi connectivity index (χ0) is 10.7. The number of hydrogen-bond acceptors (Lipinski definition) is 3. The molecule has 80 valence electrons. The van der Waals surface area contributed by atoms with Crippen molar-refractivity contribution in [2.75, 3.05) is 0 Å². The summed E-state index contributed by atoms with van der Waals surface area (Å²) in [4.78, 5) is 5.24. The van der Waals surface area contributed by atoms with Crippen molar-refractivity contribution in [1.29, 1.82) is 0 Å². The third-order valence-electron chi connectivity index (χ3n) is 2.50. The first-order chi connectivity index (χ1) is 7.25. The lowest BCUT2D eigenvalue weighted by atomic mass is 10.1. The van der Waals surface area contributed by atoms with Gasteiger partial charge in [-0.1, -0.05) is 35.5 Å². The second kappa shape index (κ2) is 4.34. The van der Waals surface area contributed by atoms with Gasteiger partial charge in [-0.3, -0.25) is 0 Å². The molecule has 2 unspecified atom stereocenters. The summed E-state index contributed by atoms with van der Waals surface area (Å²) in [6.07, 6.45) is 0.795. The van der Waals surface area contributed by atoms with E-state index in [0.29, 0.717) is 12.3 Å². The molecule has 3 nitrogen and oxygen atoms in total. The molecular formula is C12H15NO2. The minimum Gasteiger partial charge on any atom is -0.471 e. The van der Waals surface area contributed by atoms with Crippen LogP contribution in [-0.2, 0) is 16.0 Å². The molecule has 15 heavy (non-hydrogen) atoms. The van der Waals surface area contributed by atoms with Crippen LogP contribution in [0.5, 0.6) is 0 Å². The quantitative estimate of drug-likeness (QED) is 0.742. The van der Waals surface area contributed by atoms with Gasteiger partial charge in [-0.15, -0.1) is 0 Å². The topological polar surface area (TPSA) is 30.8 Å². The molecule has 0 spiro atoms. The van der Waals surface area contributed by atoms with E-state index in [0.717, 1.165) is 0 Å². The van der Waals surface area contributed by atoms with Crippen molar-refractivity contribution in [2.24, 2.45) is 5.16 Å². The van der Waals surface area contributed by atoms with Crippen LogP contribution in [0.2, 0.25) is 0 Å². The van der Waals surface area contributed by atoms with Crippen molar-refractivity contribution in [3.05, 3.63) is 35.9 Å². The Hall–Kier alpha value is -1.51. The van der Waals surface area contributed by atoms with Crippen LogP contribution in [-0.4, -0.2) is 18.1 Å². The lowest BCUT2D eigenvalue weighted by Gasteiger charge is -2.25. The highest BCUT2D eigenvalue weighted by Crippen LogP contribution is 2.13. The number of benzene rings is 1. The molecule has 0 fully saturated rings. The summed E-state index contributed by atoms with van der Waals surface area (Å²) in [5, 5.41) is 3.95. The third-order valence-corrected chi connectivity index (χ3v) is 2.50. The second-order valence-electron chi connectivity index (χ2n) is 3.78. The van der Waals surface area contributed by atoms with E-state index in [2.05, 4.69) is 17.3 Å². The molecule has 1 aliphatic heterocycles. The van der Waals surface area contributed by atoms with Gasteiger partial charge >= 0.3 is 0 Å². The Kier molecular flexibility index (Phi) is 2.90. The monoisotopic (exact) mass is 205 g/mol. The van der Waals surface area contributed by atoms with Gasteiger partial charge in [-0.05, 0) is 19.4 Å². The number of nitrogens with zero attached hydrogens (tertiary/aromatic N) is 1. The number of hydrogen-bond donors (Lipinski definition) is 0. The van der Waals surface area contributed by atoms with E-state index in [1.165, 1.54) is 5.56 Å². The smallest absolute Gasteiger partial charge is 0.230 e. The zero-order valence-corrected chi connectivity index (χ0v) is 9.01. The Morgan fingerprint density at radius 1 is 1.13 bits per heavy atom. The first-order valence-electron chi connectivity index (χ1n) is 5.19. The van der Waals surface area contributed by atoms with Crippen LogP contribution in [0, 0.1) is 0 Å². The summed E-state index contributed by atoms with van der Waals surface area (Å²) >= 11 is 0. The van der Waals surface area contributed by atoms with Gasteiger partial charge in [0.1, 0.15) is 6.10 Å². The maximum absolute atomic E-state index is 5.63. The fraction of sp³-hybridized carbons (Fsp3) is 0.417. The molecule has 0 aromatic heterocycles. The number of ether oxygens (including phenoxy) is 1. The standard InChI is InChI=1S/C12H15NO2/c1-9-10(2)15-13-12(14-9)8-11-6-4-3-5-7-11/h3-7,9-10H,8H2,1-2H3. The molecule has 1 aliphatic rings. The van der Waals surface area contributed by atoms with Crippen LogP contribution >= 0.6 is 0 Å². The molecule has 1 aromatic carbocycles. The zero-order valence-electron chi connectivity index (χ0n) is 9.01. The third kappa shape index (κ3) is 2.49. The molecular weight excluding hydrogens is 190 g/mol. The summed E-state index contributed by atoms with van der Waals surface area (Å²) in [6.45, 7) is 3.94. The minimum absolute atomic E-state index is 0.0320. The highest BCUT2D eigenvalue weighted by Gasteiger charge is 2.22. The summed E-state index contributed by atoms with van der Waals surface area (Å²) < 4.78 is 5.63. The SMILES string of the molecule is CC1ON=C(Cc2ccccc2)OC1C. The summed E-state index contributed by atoms with van der Waals surface area (Å²) in [6, 6.07) is 10.1. The van der Waals surface area contributed by atoms with E-state index in [1.807, 2.05) is 32.0 Å². The van der Waals surface area contributed by atoms with Crippen LogP contribution in [0.25, 0.3) is 0 Å². The Morgan fingerprint density at radius 2 is 1.87 bits per heavy atom. The predicted molar refractivity (Wildman–Crippen MR) is 58.7 cm³/mol. The van der Waals surface area contributed by atoms with Crippen LogP contribution in [0.4, 0.5) is 0 Å². The van der Waals surface area contributed by atoms with Crippen molar-refractivity contribution in [3.63, 3.8) is 0 Å². The van der Waals surface area contributed by atoms with Gasteiger partial charge in [0, 0.05) is 0 Å². The van der Waals surface area contributed by atoms with Gasteiger partial charge in [0.25, 0.3) is 0 Å². The van der Waals surface area contributed by atoms with Crippen molar-refractivity contribution in [3.8, 4) is 0 Å². The Morgan fingerprint density at radius 3 is 2.53 bits per heavy atom. The van der Waals surface area contributed by atoms with E-state index in [-0.39, 0.29) is 12.2 Å². The molecule has 2 rings (SSSR count). The van der Waals surface area contributed by atoms with Gasteiger partial charge in [-0.2, -0.15) is 0 Å². The highest BCUT2D eigenvalue weighted by atomic mass is 16.7. The Bertz CT molecular complexity index is 348. The van der Waals surface area contributed by atoms with Crippen LogP contribution in [0.15, 0.2) is 35.5 Å². The van der Waals surface area contributed by atoms with E-state index in [9.17, 15) is 0 Å². The molecule has 0 N–H and O–H groups in total. The van der Waals surface area contributed by atoms with Gasteiger partial charge in [0.2, 0.25) is 5.90 Å². The van der Waals surface area contributed by atoms with E-state index >= 15 is 0 Å². The van der Waals surface area contributed by atoms with E-state index in [1.54, 1.807) is 0 Å². The molecule has 0 amide bonds.